The molecule has 3 atom stereocenters. The Kier molecular flexibility index (Phi) is 19.0. The van der Waals surface area contributed by atoms with Crippen molar-refractivity contribution in [2.45, 2.75) is 117 Å². The van der Waals surface area contributed by atoms with Crippen molar-refractivity contribution in [1.82, 2.24) is 14.7 Å². The Balaban J connectivity index is 0.000000240. The zero-order valence-corrected chi connectivity index (χ0v) is 38.6. The Hall–Kier alpha value is -6.57. The van der Waals surface area contributed by atoms with E-state index in [9.17, 15) is 39.7 Å². The second-order valence-electron chi connectivity index (χ2n) is 18.4. The number of likely N-dealkylation sites (tertiary alicyclic amines) is 3. The third kappa shape index (κ3) is 20.2. The molecule has 3 fully saturated rings. The Morgan fingerprint density at radius 3 is 1.35 bits per heavy atom. The zero-order chi connectivity index (χ0) is 48.7. The van der Waals surface area contributed by atoms with Gasteiger partial charge in [0.2, 0.25) is 0 Å². The van der Waals surface area contributed by atoms with Gasteiger partial charge < -0.3 is 54.3 Å². The highest BCUT2D eigenvalue weighted by atomic mass is 16.6. The van der Waals surface area contributed by atoms with E-state index in [2.05, 4.69) is 0 Å². The summed E-state index contributed by atoms with van der Waals surface area (Å²) in [6.07, 6.45) is 0.569. The number of non-ortho nitro benzene ring substituents is 2. The lowest BCUT2D eigenvalue weighted by atomic mass is 10.2. The lowest BCUT2D eigenvalue weighted by Crippen LogP contribution is -2.36. The number of aliphatic hydroxyl groups is 1. The van der Waals surface area contributed by atoms with Crippen molar-refractivity contribution in [3.05, 3.63) is 93.0 Å². The summed E-state index contributed by atoms with van der Waals surface area (Å²) in [5.41, 5.74) is 4.82. The number of hydrogen-bond acceptors (Lipinski definition) is 15. The van der Waals surface area contributed by atoms with Gasteiger partial charge >= 0.3 is 18.3 Å². The average molecular weight is 913 g/mol. The molecule has 0 aromatic heterocycles. The Bertz CT molecular complexity index is 2070. The number of ether oxygens (including phenoxy) is 5. The number of phenolic OH excluding ortho intramolecular Hbond substituents is 1. The minimum Gasteiger partial charge on any atom is -0.508 e. The van der Waals surface area contributed by atoms with E-state index >= 15 is 0 Å². The molecule has 3 heterocycles. The first kappa shape index (κ1) is 52.8. The summed E-state index contributed by atoms with van der Waals surface area (Å²) in [5.74, 6) is 1.08. The van der Waals surface area contributed by atoms with E-state index in [4.69, 9.17) is 34.5 Å². The molecule has 0 spiro atoms. The fourth-order valence-corrected chi connectivity index (χ4v) is 6.12. The number of nitrogens with two attached hydrogens (primary N) is 1. The molecular weight excluding hydrogens is 849 g/mol. The highest BCUT2D eigenvalue weighted by Crippen LogP contribution is 2.25. The van der Waals surface area contributed by atoms with Crippen molar-refractivity contribution in [3.63, 3.8) is 0 Å². The Labute approximate surface area is 379 Å². The van der Waals surface area contributed by atoms with Crippen LogP contribution < -0.4 is 15.2 Å². The van der Waals surface area contributed by atoms with Gasteiger partial charge in [-0.25, -0.2) is 14.4 Å². The first-order valence-electron chi connectivity index (χ1n) is 21.1. The predicted octanol–water partition coefficient (Wildman–Crippen LogP) is 7.93. The number of phenols is 1. The highest BCUT2D eigenvalue weighted by molar-refractivity contribution is 5.69. The van der Waals surface area contributed by atoms with Crippen molar-refractivity contribution in [2.24, 2.45) is 0 Å². The van der Waals surface area contributed by atoms with Gasteiger partial charge in [-0.3, -0.25) is 20.2 Å². The maximum absolute atomic E-state index is 12.0. The fourth-order valence-electron chi connectivity index (χ4n) is 6.12. The summed E-state index contributed by atoms with van der Waals surface area (Å²) in [5, 5.41) is 38.7. The third-order valence-electron chi connectivity index (χ3n) is 8.94. The van der Waals surface area contributed by atoms with E-state index < -0.39 is 26.6 Å². The first-order valence-corrected chi connectivity index (χ1v) is 21.1. The van der Waals surface area contributed by atoms with Crippen LogP contribution in [0, 0.1) is 20.2 Å². The lowest BCUT2D eigenvalue weighted by Gasteiger charge is -2.24. The van der Waals surface area contributed by atoms with Crippen LogP contribution in [0.1, 0.15) is 81.6 Å². The first-order chi connectivity index (χ1) is 30.2. The molecule has 3 aliphatic heterocycles. The summed E-state index contributed by atoms with van der Waals surface area (Å²) in [6, 6.07) is 18.6. The van der Waals surface area contributed by atoms with Crippen LogP contribution in [0.25, 0.3) is 0 Å². The van der Waals surface area contributed by atoms with E-state index in [0.717, 1.165) is 18.2 Å². The quantitative estimate of drug-likeness (QED) is 0.0918. The third-order valence-corrected chi connectivity index (χ3v) is 8.94. The Morgan fingerprint density at radius 2 is 0.985 bits per heavy atom. The van der Waals surface area contributed by atoms with Crippen LogP contribution in [0.4, 0.5) is 31.4 Å². The van der Waals surface area contributed by atoms with Gasteiger partial charge in [-0.15, -0.1) is 0 Å². The predicted molar refractivity (Wildman–Crippen MR) is 241 cm³/mol. The molecule has 20 heteroatoms. The number of hydrogen-bond donors (Lipinski definition) is 3. The number of nitrogens with zero attached hydrogens (tertiary/aromatic N) is 5. The summed E-state index contributed by atoms with van der Waals surface area (Å²) in [4.78, 5) is 59.9. The summed E-state index contributed by atoms with van der Waals surface area (Å²) < 4.78 is 27.4. The molecule has 3 unspecified atom stereocenters. The van der Waals surface area contributed by atoms with E-state index in [-0.39, 0.29) is 53.7 Å². The summed E-state index contributed by atoms with van der Waals surface area (Å²) in [7, 11) is 0. The van der Waals surface area contributed by atoms with Crippen LogP contribution in [-0.4, -0.2) is 127 Å². The summed E-state index contributed by atoms with van der Waals surface area (Å²) >= 11 is 0. The number of anilines is 1. The number of benzene rings is 3. The number of amides is 3. The monoisotopic (exact) mass is 912 g/mol. The SMILES string of the molecule is CC(C)(C)OC(=O)N1CCC(O)C1.CC(C)(C)OC(=O)N1CCC(Oc2cccc(N)c2)C1.CC(C)(C)OC(=O)N1CCC(Oc2cccc([N+](=O)[O-])c2)C1.O=[N+]([O-])c1cccc(O)c1. The molecule has 0 aliphatic carbocycles. The molecular formula is C45H64N6O14. The van der Waals surface area contributed by atoms with Gasteiger partial charge in [-0.05, 0) is 93.0 Å². The van der Waals surface area contributed by atoms with Crippen LogP contribution in [-0.2, 0) is 14.2 Å². The van der Waals surface area contributed by atoms with Gasteiger partial charge in [-0.1, -0.05) is 18.2 Å². The maximum Gasteiger partial charge on any atom is 0.410 e. The smallest absolute Gasteiger partial charge is 0.410 e. The van der Waals surface area contributed by atoms with E-state index in [1.165, 1.54) is 35.2 Å². The van der Waals surface area contributed by atoms with E-state index in [1.54, 1.807) is 28.0 Å². The number of nitro benzene ring substituents is 2. The van der Waals surface area contributed by atoms with Gasteiger partial charge in [0.1, 0.15) is 46.3 Å². The van der Waals surface area contributed by atoms with Crippen molar-refractivity contribution < 1.29 is 58.1 Å². The van der Waals surface area contributed by atoms with Crippen molar-refractivity contribution in [1.29, 1.82) is 0 Å². The number of carbonyl (C=O) groups excluding carboxylic acids is 3. The topological polar surface area (TPSA) is 260 Å². The molecule has 3 aromatic rings. The Morgan fingerprint density at radius 1 is 0.600 bits per heavy atom. The normalized spacial score (nSPS) is 18.1. The molecule has 3 aromatic carbocycles. The van der Waals surface area contributed by atoms with Gasteiger partial charge in [0.25, 0.3) is 11.4 Å². The lowest BCUT2D eigenvalue weighted by molar-refractivity contribution is -0.385. The number of aromatic hydroxyl groups is 1. The molecule has 0 saturated carbocycles. The largest absolute Gasteiger partial charge is 0.508 e. The van der Waals surface area contributed by atoms with Crippen molar-refractivity contribution in [2.75, 3.05) is 45.0 Å². The number of nitro groups is 2. The molecule has 6 rings (SSSR count). The standard InChI is InChI=1S/C15H20N2O5.C15H22N2O3.C9H17NO3.C6H5NO3/c1-15(2,3)22-14(18)16-8-7-13(10-16)21-12-6-4-5-11(9-12)17(19)20;1-15(2,3)20-14(18)17-8-7-13(10-17)19-12-6-4-5-11(16)9-12;1-9(2,3)13-8(12)10-5-4-7(11)6-10;8-6-3-1-2-5(4-6)7(9)10/h4-6,9,13H,7-8,10H2,1-3H3;4-6,9,13H,7-8,10,16H2,1-3H3;7,11H,4-6H2,1-3H3;1-4,8H. The number of aliphatic hydroxyl groups excluding tert-OH is 1. The summed E-state index contributed by atoms with van der Waals surface area (Å²) in [6.45, 7) is 19.7. The molecule has 0 radical (unpaired) electrons. The van der Waals surface area contributed by atoms with Crippen LogP contribution in [0.15, 0.2) is 72.8 Å². The van der Waals surface area contributed by atoms with Crippen LogP contribution in [0.3, 0.4) is 0 Å². The number of rotatable bonds is 6. The fraction of sp³-hybridized carbons (Fsp3) is 0.533. The molecule has 3 amide bonds. The molecule has 3 aliphatic rings. The zero-order valence-electron chi connectivity index (χ0n) is 38.6. The van der Waals surface area contributed by atoms with Gasteiger partial charge in [-0.2, -0.15) is 0 Å². The molecule has 20 nitrogen and oxygen atoms in total. The minimum absolute atomic E-state index is 0.00989. The maximum atomic E-state index is 12.0. The van der Waals surface area contributed by atoms with Gasteiger partial charge in [0.05, 0.1) is 41.2 Å². The molecule has 3 saturated heterocycles. The molecule has 0 bridgehead atoms. The van der Waals surface area contributed by atoms with Crippen LogP contribution in [0.2, 0.25) is 0 Å². The minimum atomic E-state index is -0.556. The van der Waals surface area contributed by atoms with E-state index in [0.29, 0.717) is 63.5 Å². The second kappa shape index (κ2) is 23.4. The molecule has 4 N–H and O–H groups in total. The van der Waals surface area contributed by atoms with Crippen LogP contribution >= 0.6 is 0 Å². The van der Waals surface area contributed by atoms with Crippen LogP contribution in [0.5, 0.6) is 17.2 Å². The highest BCUT2D eigenvalue weighted by Gasteiger charge is 2.33. The molecule has 358 valence electrons. The van der Waals surface area contributed by atoms with E-state index in [1.807, 2.05) is 80.5 Å². The average Bonchev–Trinajstić information content (AvgIpc) is 3.96. The van der Waals surface area contributed by atoms with Gasteiger partial charge in [0, 0.05) is 62.9 Å². The number of carbonyl (C=O) groups is 3. The second-order valence-corrected chi connectivity index (χ2v) is 18.4. The van der Waals surface area contributed by atoms with Crippen molar-refractivity contribution in [3.8, 4) is 17.2 Å². The molecule has 65 heavy (non-hydrogen) atoms. The van der Waals surface area contributed by atoms with Gasteiger partial charge in [0.15, 0.2) is 0 Å². The number of nitrogen functional groups attached to an aromatic ring is 1. The number of β-amino-alcohol motifs (C(OH)–C–C–N with tert-alkyl or cyclic N) is 1. The van der Waals surface area contributed by atoms with Crippen molar-refractivity contribution >= 4 is 35.3 Å².